The number of rotatable bonds is 33. The molecule has 1 aromatic carbocycles. The average molecular weight is 1160 g/mol. The Labute approximate surface area is 470 Å². The zero-order valence-corrected chi connectivity index (χ0v) is 45.2. The van der Waals surface area contributed by atoms with Gasteiger partial charge >= 0.3 is 17.9 Å². The fourth-order valence-corrected chi connectivity index (χ4v) is 10.6. The molecule has 4 rings (SSSR count). The third-order valence-corrected chi connectivity index (χ3v) is 14.7. The first kappa shape index (κ1) is 66.1. The number of amides is 8. The van der Waals surface area contributed by atoms with Crippen molar-refractivity contribution in [2.24, 2.45) is 50.2 Å². The van der Waals surface area contributed by atoms with Gasteiger partial charge in [0.1, 0.15) is 42.0 Å². The lowest BCUT2D eigenvalue weighted by atomic mass is 9.55. The van der Waals surface area contributed by atoms with Crippen molar-refractivity contribution in [3.8, 4) is 5.75 Å². The number of nitrogens with one attached hydrogen (secondary N) is 8. The summed E-state index contributed by atoms with van der Waals surface area (Å²) in [5.41, 5.74) is 23.9. The normalized spacial score (nSPS) is 20.7. The molecular formula is C50H76N14O18. The molecule has 3 aliphatic carbocycles. The summed E-state index contributed by atoms with van der Waals surface area (Å²) in [5.74, 6) is -12.5. The van der Waals surface area contributed by atoms with E-state index in [4.69, 9.17) is 32.8 Å². The number of carbonyl (C=O) groups is 11. The van der Waals surface area contributed by atoms with E-state index in [2.05, 4.69) is 48.8 Å². The number of benzene rings is 1. The number of ether oxygens (including phenoxy) is 1. The molecule has 0 aliphatic heterocycles. The lowest BCUT2D eigenvalue weighted by molar-refractivity contribution is -0.144. The molecule has 22 N–H and O–H groups in total. The molecule has 32 nitrogen and oxygen atoms in total. The molecule has 3 aliphatic rings. The maximum Gasteiger partial charge on any atom is 0.328 e. The van der Waals surface area contributed by atoms with E-state index in [1.807, 2.05) is 22.8 Å². The third kappa shape index (κ3) is 20.0. The number of hydrogen-bond acceptors (Lipinski definition) is 17. The van der Waals surface area contributed by atoms with Gasteiger partial charge in [-0.2, -0.15) is 0 Å². The number of aliphatic hydroxyl groups is 3. The van der Waals surface area contributed by atoms with Crippen LogP contribution in [0, 0.1) is 17.3 Å². The van der Waals surface area contributed by atoms with E-state index in [1.54, 1.807) is 6.07 Å². The summed E-state index contributed by atoms with van der Waals surface area (Å²) in [4.78, 5) is 148. The number of nitrogens with zero attached hydrogens (tertiary/aromatic N) is 2. The molecule has 1 aromatic rings. The lowest BCUT2D eigenvalue weighted by Crippen LogP contribution is -2.59. The Morgan fingerprint density at radius 2 is 1.11 bits per heavy atom. The van der Waals surface area contributed by atoms with E-state index in [0.717, 1.165) is 44.1 Å². The Hall–Kier alpha value is -8.39. The number of guanidine groups is 2. The Morgan fingerprint density at radius 1 is 0.622 bits per heavy atom. The predicted octanol–water partition coefficient (Wildman–Crippen LogP) is -6.45. The van der Waals surface area contributed by atoms with Gasteiger partial charge in [0.2, 0.25) is 41.4 Å². The fraction of sp³-hybridized carbons (Fsp3) is 0.620. The maximum atomic E-state index is 13.5. The van der Waals surface area contributed by atoms with Gasteiger partial charge in [-0.3, -0.25) is 57.9 Å². The molecule has 0 aromatic heterocycles. The van der Waals surface area contributed by atoms with Crippen LogP contribution in [0.15, 0.2) is 28.2 Å². The van der Waals surface area contributed by atoms with E-state index in [9.17, 15) is 78.3 Å². The molecule has 5 unspecified atom stereocenters. The van der Waals surface area contributed by atoms with Gasteiger partial charge in [0, 0.05) is 13.1 Å². The van der Waals surface area contributed by atoms with Crippen LogP contribution in [0.25, 0.3) is 0 Å². The molecule has 8 amide bonds. The SMILES string of the molecule is CC12CCC3c4ccc(OCC(=O)N[C@@H](CCCN=C(N)N)C(=O)NCC(=O)N[C@@H](CC(=O)O)C(=O)N[C@@H](CO)C(=O)N[C@@H](CCCN=C(N)N)C(=O)NCC(=O)N[C@@H](CC(=O)O)C(=O)N[C@@H](CO)C(=O)O)cc4CCC3C1CCC2O. The van der Waals surface area contributed by atoms with Gasteiger partial charge in [-0.15, -0.1) is 0 Å². The summed E-state index contributed by atoms with van der Waals surface area (Å²) in [6.07, 6.45) is 3.00. The van der Waals surface area contributed by atoms with E-state index >= 15 is 0 Å². The first-order chi connectivity index (χ1) is 38.8. The second-order valence-electron chi connectivity index (χ2n) is 20.5. The Bertz CT molecular complexity index is 2560. The van der Waals surface area contributed by atoms with E-state index < -0.39 is 147 Å². The number of carbonyl (C=O) groups excluding carboxylic acids is 8. The fourth-order valence-electron chi connectivity index (χ4n) is 10.6. The van der Waals surface area contributed by atoms with Crippen LogP contribution in [0.5, 0.6) is 5.75 Å². The number of carboxylic acid groups (broad SMARTS) is 3. The minimum atomic E-state index is -1.94. The van der Waals surface area contributed by atoms with Crippen LogP contribution >= 0.6 is 0 Å². The van der Waals surface area contributed by atoms with Crippen molar-refractivity contribution >= 4 is 77.1 Å². The maximum absolute atomic E-state index is 13.5. The molecule has 0 radical (unpaired) electrons. The molecule has 454 valence electrons. The topological polar surface area (TPSA) is 543 Å². The summed E-state index contributed by atoms with van der Waals surface area (Å²) < 4.78 is 5.86. The van der Waals surface area contributed by atoms with E-state index in [-0.39, 0.29) is 62.2 Å². The number of hydrogen-bond donors (Lipinski definition) is 18. The monoisotopic (exact) mass is 1160 g/mol. The molecule has 11 atom stereocenters. The molecule has 82 heavy (non-hydrogen) atoms. The summed E-state index contributed by atoms with van der Waals surface area (Å²) in [7, 11) is 0. The minimum absolute atomic E-state index is 0.0112. The third-order valence-electron chi connectivity index (χ3n) is 14.7. The summed E-state index contributed by atoms with van der Waals surface area (Å²) in [5, 5.41) is 75.4. The van der Waals surface area contributed by atoms with Crippen LogP contribution in [0.2, 0.25) is 0 Å². The first-order valence-electron chi connectivity index (χ1n) is 26.5. The molecule has 2 saturated carbocycles. The van der Waals surface area contributed by atoms with Crippen LogP contribution in [0.1, 0.15) is 94.6 Å². The first-order valence-corrected chi connectivity index (χ1v) is 26.5. The van der Waals surface area contributed by atoms with Crippen LogP contribution < -0.4 is 70.2 Å². The standard InChI is InChI=1S/C50H76N14O18/c1-50-13-12-27-26-9-7-25(16-24(26)6-8-28(27)29(50)10-11-36(50)67)82-23-39(70)59-30(4-2-14-55-48(51)52)42(75)57-19-37(68)60-32(17-40(71)72)44(77)63-34(21-65)46(79)62-31(5-3-15-56-49(53)54)43(76)58-20-38(69)61-33(18-41(73)74)45(78)64-35(22-66)47(80)81/h7,9,16,27-36,65-67H,2-6,8,10-15,17-23H2,1H3,(H,57,75)(H,58,76)(H,59,70)(H,60,68)(H,61,69)(H,62,79)(H,63,77)(H,64,78)(H,71,72)(H,73,74)(H,80,81)(H4,51,52,55)(H4,53,54,56)/t27?,28?,29?,30-,31-,32-,33-,34-,35-,36?,50?/m0/s1. The number of aliphatic hydroxyl groups excluding tert-OH is 3. The van der Waals surface area contributed by atoms with Crippen LogP contribution in [0.3, 0.4) is 0 Å². The largest absolute Gasteiger partial charge is 0.484 e. The Balaban J connectivity index is 1.35. The molecular weight excluding hydrogens is 1080 g/mol. The highest BCUT2D eigenvalue weighted by atomic mass is 16.5. The highest BCUT2D eigenvalue weighted by Crippen LogP contribution is 2.61. The molecule has 32 heteroatoms. The molecule has 0 saturated heterocycles. The minimum Gasteiger partial charge on any atom is -0.484 e. The van der Waals surface area contributed by atoms with Gasteiger partial charge in [-0.25, -0.2) is 4.79 Å². The zero-order valence-electron chi connectivity index (χ0n) is 45.2. The average Bonchev–Trinajstić information content (AvgIpc) is 3.51. The van der Waals surface area contributed by atoms with Gasteiger partial charge in [-0.05, 0) is 111 Å². The van der Waals surface area contributed by atoms with Crippen molar-refractivity contribution < 1.29 is 88.1 Å². The number of aliphatic imine (C=N–C) groups is 2. The van der Waals surface area contributed by atoms with Crippen LogP contribution in [0.4, 0.5) is 0 Å². The van der Waals surface area contributed by atoms with Gasteiger partial charge < -0.3 is 101 Å². The molecule has 0 bridgehead atoms. The van der Waals surface area contributed by atoms with Crippen molar-refractivity contribution in [3.05, 3.63) is 29.3 Å². The van der Waals surface area contributed by atoms with Crippen molar-refractivity contribution in [2.75, 3.05) is 46.0 Å². The Morgan fingerprint density at radius 3 is 1.61 bits per heavy atom. The van der Waals surface area contributed by atoms with Gasteiger partial charge in [0.15, 0.2) is 18.5 Å². The molecule has 0 heterocycles. The smallest absolute Gasteiger partial charge is 0.328 e. The lowest BCUT2D eigenvalue weighted by Gasteiger charge is -2.50. The number of nitrogens with two attached hydrogens (primary N) is 4. The quantitative estimate of drug-likeness (QED) is 0.0177. The van der Waals surface area contributed by atoms with Gasteiger partial charge in [0.05, 0.1) is 45.2 Å². The second kappa shape index (κ2) is 31.6. The number of aliphatic carboxylic acids is 3. The second-order valence-corrected chi connectivity index (χ2v) is 20.5. The summed E-state index contributed by atoms with van der Waals surface area (Å²) in [6, 6.07) is -4.72. The number of fused-ring (bicyclic) bond motifs is 5. The zero-order chi connectivity index (χ0) is 60.8. The Kier molecular flexibility index (Phi) is 25.5. The van der Waals surface area contributed by atoms with Crippen LogP contribution in [-0.4, -0.2) is 196 Å². The van der Waals surface area contributed by atoms with Crippen molar-refractivity contribution in [1.82, 2.24) is 42.5 Å². The van der Waals surface area contributed by atoms with Gasteiger partial charge in [-0.1, -0.05) is 13.0 Å². The van der Waals surface area contributed by atoms with Crippen LogP contribution in [-0.2, 0) is 59.2 Å². The highest BCUT2D eigenvalue weighted by Gasteiger charge is 2.54. The molecule has 2 fully saturated rings. The number of aryl methyl sites for hydroxylation is 1. The highest BCUT2D eigenvalue weighted by molar-refractivity contribution is 5.98. The summed E-state index contributed by atoms with van der Waals surface area (Å²) in [6.45, 7) is -2.37. The van der Waals surface area contributed by atoms with Crippen molar-refractivity contribution in [1.29, 1.82) is 0 Å². The van der Waals surface area contributed by atoms with Crippen molar-refractivity contribution in [3.63, 3.8) is 0 Å². The van der Waals surface area contributed by atoms with Gasteiger partial charge in [0.25, 0.3) is 5.91 Å². The summed E-state index contributed by atoms with van der Waals surface area (Å²) >= 11 is 0. The number of carboxylic acids is 3. The van der Waals surface area contributed by atoms with E-state index in [1.165, 1.54) is 5.56 Å². The van der Waals surface area contributed by atoms with E-state index in [0.29, 0.717) is 23.5 Å². The van der Waals surface area contributed by atoms with Crippen molar-refractivity contribution in [2.45, 2.75) is 132 Å². The molecule has 0 spiro atoms. The predicted molar refractivity (Wildman–Crippen MR) is 286 cm³/mol.